The zero-order valence-electron chi connectivity index (χ0n) is 10.4. The van der Waals surface area contributed by atoms with Crippen molar-refractivity contribution in [3.63, 3.8) is 0 Å². The van der Waals surface area contributed by atoms with Gasteiger partial charge in [-0.1, -0.05) is 11.6 Å². The van der Waals surface area contributed by atoms with E-state index in [0.717, 1.165) is 0 Å². The predicted molar refractivity (Wildman–Crippen MR) is 70.1 cm³/mol. The normalized spacial score (nSPS) is 11.6. The molecule has 0 bridgehead atoms. The summed E-state index contributed by atoms with van der Waals surface area (Å²) in [5, 5.41) is 7.32. The summed E-state index contributed by atoms with van der Waals surface area (Å²) in [6.07, 6.45) is 2.76. The van der Waals surface area contributed by atoms with Gasteiger partial charge < -0.3 is 4.74 Å². The number of hydrogen-bond donors (Lipinski definition) is 1. The van der Waals surface area contributed by atoms with Crippen molar-refractivity contribution in [3.05, 3.63) is 29.5 Å². The SMILES string of the molecule is CC(C)(C)OC(=O)Nc1cnn2ccc(Cl)cc12. The molecule has 1 N–H and O–H groups in total. The van der Waals surface area contributed by atoms with Crippen molar-refractivity contribution in [2.24, 2.45) is 0 Å². The maximum absolute atomic E-state index is 11.7. The van der Waals surface area contributed by atoms with E-state index in [9.17, 15) is 4.79 Å². The first-order valence-electron chi connectivity index (χ1n) is 5.48. The molecule has 2 heterocycles. The van der Waals surface area contributed by atoms with Gasteiger partial charge in [-0.2, -0.15) is 5.10 Å². The van der Waals surface area contributed by atoms with E-state index in [1.165, 1.54) is 0 Å². The highest BCUT2D eigenvalue weighted by atomic mass is 35.5. The number of halogens is 1. The predicted octanol–water partition coefficient (Wildman–Crippen LogP) is 3.33. The van der Waals surface area contributed by atoms with E-state index in [-0.39, 0.29) is 0 Å². The van der Waals surface area contributed by atoms with Crippen molar-refractivity contribution in [1.82, 2.24) is 9.61 Å². The maximum Gasteiger partial charge on any atom is 0.412 e. The number of anilines is 1. The summed E-state index contributed by atoms with van der Waals surface area (Å²) in [5.41, 5.74) is 0.741. The van der Waals surface area contributed by atoms with Crippen LogP contribution < -0.4 is 5.32 Å². The van der Waals surface area contributed by atoms with Crippen molar-refractivity contribution in [1.29, 1.82) is 0 Å². The molecule has 0 aromatic carbocycles. The number of hydrogen-bond acceptors (Lipinski definition) is 3. The van der Waals surface area contributed by atoms with Gasteiger partial charge in [-0.05, 0) is 32.9 Å². The number of pyridine rings is 1. The monoisotopic (exact) mass is 267 g/mol. The minimum Gasteiger partial charge on any atom is -0.444 e. The summed E-state index contributed by atoms with van der Waals surface area (Å²) < 4.78 is 6.79. The Kier molecular flexibility index (Phi) is 3.17. The molecule has 0 saturated heterocycles. The third-order valence-corrected chi connectivity index (χ3v) is 2.35. The number of rotatable bonds is 1. The fraction of sp³-hybridized carbons (Fsp3) is 0.333. The van der Waals surface area contributed by atoms with E-state index >= 15 is 0 Å². The van der Waals surface area contributed by atoms with Crippen LogP contribution in [0.5, 0.6) is 0 Å². The van der Waals surface area contributed by atoms with Crippen LogP contribution in [-0.2, 0) is 4.74 Å². The lowest BCUT2D eigenvalue weighted by atomic mass is 10.2. The fourth-order valence-corrected chi connectivity index (χ4v) is 1.62. The Morgan fingerprint density at radius 3 is 2.89 bits per heavy atom. The molecule has 0 aliphatic heterocycles. The number of carbonyl (C=O) groups excluding carboxylic acids is 1. The summed E-state index contributed by atoms with van der Waals surface area (Å²) in [4.78, 5) is 11.7. The van der Waals surface area contributed by atoms with Crippen LogP contribution in [0.3, 0.4) is 0 Å². The van der Waals surface area contributed by atoms with Crippen LogP contribution in [0.2, 0.25) is 5.02 Å². The van der Waals surface area contributed by atoms with Crippen LogP contribution >= 0.6 is 11.6 Å². The van der Waals surface area contributed by atoms with Crippen LogP contribution in [0.25, 0.3) is 5.52 Å². The van der Waals surface area contributed by atoms with Crippen LogP contribution in [-0.4, -0.2) is 21.3 Å². The minimum absolute atomic E-state index is 0.516. The van der Waals surface area contributed by atoms with E-state index in [4.69, 9.17) is 16.3 Å². The molecule has 0 radical (unpaired) electrons. The molecule has 0 spiro atoms. The largest absolute Gasteiger partial charge is 0.444 e. The molecule has 1 amide bonds. The highest BCUT2D eigenvalue weighted by Gasteiger charge is 2.17. The van der Waals surface area contributed by atoms with Crippen molar-refractivity contribution in [2.45, 2.75) is 26.4 Å². The van der Waals surface area contributed by atoms with Crippen molar-refractivity contribution in [3.8, 4) is 0 Å². The van der Waals surface area contributed by atoms with Crippen LogP contribution in [0, 0.1) is 0 Å². The van der Waals surface area contributed by atoms with E-state index in [1.807, 2.05) is 0 Å². The Bertz CT molecular complexity index is 587. The maximum atomic E-state index is 11.7. The number of fused-ring (bicyclic) bond motifs is 1. The number of nitrogens with one attached hydrogen (secondary N) is 1. The molecule has 2 aromatic heterocycles. The molecule has 0 saturated carbocycles. The molecule has 2 aromatic rings. The van der Waals surface area contributed by atoms with E-state index in [0.29, 0.717) is 16.2 Å². The number of aromatic nitrogens is 2. The second-order valence-corrected chi connectivity index (χ2v) is 5.30. The fourth-order valence-electron chi connectivity index (χ4n) is 1.46. The highest BCUT2D eigenvalue weighted by molar-refractivity contribution is 6.31. The zero-order valence-corrected chi connectivity index (χ0v) is 11.2. The van der Waals surface area contributed by atoms with Gasteiger partial charge in [-0.3, -0.25) is 5.32 Å². The van der Waals surface area contributed by atoms with Crippen molar-refractivity contribution in [2.75, 3.05) is 5.32 Å². The van der Waals surface area contributed by atoms with E-state index < -0.39 is 11.7 Å². The molecule has 96 valence electrons. The molecule has 5 nitrogen and oxygen atoms in total. The highest BCUT2D eigenvalue weighted by Crippen LogP contribution is 2.20. The first kappa shape index (κ1) is 12.7. The van der Waals surface area contributed by atoms with Crippen LogP contribution in [0.15, 0.2) is 24.5 Å². The van der Waals surface area contributed by atoms with Gasteiger partial charge in [0.25, 0.3) is 0 Å². The average molecular weight is 268 g/mol. The van der Waals surface area contributed by atoms with E-state index in [1.54, 1.807) is 49.8 Å². The summed E-state index contributed by atoms with van der Waals surface area (Å²) in [5.74, 6) is 0. The van der Waals surface area contributed by atoms with Crippen LogP contribution in [0.4, 0.5) is 10.5 Å². The van der Waals surface area contributed by atoms with Gasteiger partial charge in [0.1, 0.15) is 5.60 Å². The molecule has 0 aliphatic rings. The Morgan fingerprint density at radius 1 is 1.50 bits per heavy atom. The Labute approximate surface area is 110 Å². The van der Waals surface area contributed by atoms with Crippen molar-refractivity contribution < 1.29 is 9.53 Å². The molecule has 0 unspecified atom stereocenters. The molecule has 6 heteroatoms. The minimum atomic E-state index is -0.537. The van der Waals surface area contributed by atoms with Gasteiger partial charge in [0.05, 0.1) is 17.4 Å². The summed E-state index contributed by atoms with van der Waals surface area (Å²) in [7, 11) is 0. The first-order valence-corrected chi connectivity index (χ1v) is 5.86. The lowest BCUT2D eigenvalue weighted by molar-refractivity contribution is 0.0636. The van der Waals surface area contributed by atoms with Gasteiger partial charge >= 0.3 is 6.09 Å². The topological polar surface area (TPSA) is 55.6 Å². The Morgan fingerprint density at radius 2 is 2.22 bits per heavy atom. The number of ether oxygens (including phenoxy) is 1. The van der Waals surface area contributed by atoms with Gasteiger partial charge in [-0.25, -0.2) is 9.31 Å². The third-order valence-electron chi connectivity index (χ3n) is 2.12. The molecule has 0 fully saturated rings. The van der Waals surface area contributed by atoms with Gasteiger partial charge in [0.2, 0.25) is 0 Å². The Balaban J connectivity index is 2.22. The second kappa shape index (κ2) is 4.49. The quantitative estimate of drug-likeness (QED) is 0.862. The summed E-state index contributed by atoms with van der Waals surface area (Å²) >= 11 is 5.91. The lowest BCUT2D eigenvalue weighted by Gasteiger charge is -2.19. The average Bonchev–Trinajstić information content (AvgIpc) is 2.58. The summed E-state index contributed by atoms with van der Waals surface area (Å²) in [6, 6.07) is 3.44. The van der Waals surface area contributed by atoms with Gasteiger partial charge in [0.15, 0.2) is 0 Å². The smallest absolute Gasteiger partial charge is 0.412 e. The summed E-state index contributed by atoms with van der Waals surface area (Å²) in [6.45, 7) is 5.42. The molecule has 0 aliphatic carbocycles. The molecule has 2 rings (SSSR count). The standard InChI is InChI=1S/C12H14ClN3O2/c1-12(2,3)18-11(17)15-9-7-14-16-5-4-8(13)6-10(9)16/h4-7H,1-3H3,(H,15,17). The van der Waals surface area contributed by atoms with Crippen LogP contribution in [0.1, 0.15) is 20.8 Å². The lowest BCUT2D eigenvalue weighted by Crippen LogP contribution is -2.27. The molecule has 18 heavy (non-hydrogen) atoms. The van der Waals surface area contributed by atoms with E-state index in [2.05, 4.69) is 10.4 Å². The second-order valence-electron chi connectivity index (χ2n) is 4.86. The number of carbonyl (C=O) groups is 1. The third kappa shape index (κ3) is 2.92. The molecular weight excluding hydrogens is 254 g/mol. The zero-order chi connectivity index (χ0) is 13.3. The van der Waals surface area contributed by atoms with Gasteiger partial charge in [0, 0.05) is 11.2 Å². The van der Waals surface area contributed by atoms with Gasteiger partial charge in [-0.15, -0.1) is 0 Å². The first-order chi connectivity index (χ1) is 8.35. The number of nitrogens with zero attached hydrogens (tertiary/aromatic N) is 2. The number of amides is 1. The van der Waals surface area contributed by atoms with Crippen molar-refractivity contribution >= 4 is 28.9 Å². The molecule has 0 atom stereocenters. The molecular formula is C12H14ClN3O2. The Hall–Kier alpha value is -1.75.